The zero-order valence-electron chi connectivity index (χ0n) is 7.82. The van der Waals surface area contributed by atoms with Crippen molar-refractivity contribution in [2.45, 2.75) is 11.8 Å². The van der Waals surface area contributed by atoms with Gasteiger partial charge in [0.15, 0.2) is 5.78 Å². The van der Waals surface area contributed by atoms with E-state index in [9.17, 15) is 13.2 Å². The number of carbonyl (C=O) groups is 1. The van der Waals surface area contributed by atoms with Crippen LogP contribution in [0.5, 0.6) is 0 Å². The van der Waals surface area contributed by atoms with Gasteiger partial charge in [-0.3, -0.25) is 4.79 Å². The van der Waals surface area contributed by atoms with E-state index < -0.39 is 9.84 Å². The van der Waals surface area contributed by atoms with E-state index in [0.717, 1.165) is 5.41 Å². The summed E-state index contributed by atoms with van der Waals surface area (Å²) < 4.78 is 24.0. The smallest absolute Gasteiger partial charge is 0.201 e. The Morgan fingerprint density at radius 3 is 2.60 bits per heavy atom. The van der Waals surface area contributed by atoms with Crippen LogP contribution in [-0.2, 0) is 14.6 Å². The van der Waals surface area contributed by atoms with Gasteiger partial charge in [0.25, 0.3) is 0 Å². The average Bonchev–Trinajstić information content (AvgIpc) is 2.40. The van der Waals surface area contributed by atoms with Crippen molar-refractivity contribution < 1.29 is 13.2 Å². The molecule has 3 nitrogen and oxygen atoms in total. The van der Waals surface area contributed by atoms with Crippen LogP contribution in [0.2, 0.25) is 0 Å². The van der Waals surface area contributed by atoms with Crippen molar-refractivity contribution in [2.24, 2.45) is 0 Å². The van der Waals surface area contributed by atoms with Gasteiger partial charge in [-0.05, 0) is 19.1 Å². The molecule has 0 aromatic heterocycles. The summed E-state index contributed by atoms with van der Waals surface area (Å²) in [5, 5.41) is 1.03. The fourth-order valence-electron chi connectivity index (χ4n) is 1.54. The molecule has 0 N–H and O–H groups in total. The molecule has 2 rings (SSSR count). The summed E-state index contributed by atoms with van der Waals surface area (Å²) in [7, 11) is -3.44. The van der Waals surface area contributed by atoms with Gasteiger partial charge >= 0.3 is 0 Å². The van der Waals surface area contributed by atoms with Crippen LogP contribution >= 0.6 is 15.9 Å². The van der Waals surface area contributed by atoms with Crippen LogP contribution in [0, 0.1) is 0 Å². The van der Waals surface area contributed by atoms with Gasteiger partial charge in [-0.25, -0.2) is 8.42 Å². The Morgan fingerprint density at radius 2 is 2.00 bits per heavy atom. The maximum absolute atomic E-state index is 11.7. The normalized spacial score (nSPS) is 17.1. The third-order valence-corrected chi connectivity index (χ3v) is 4.36. The third kappa shape index (κ3) is 1.55. The van der Waals surface area contributed by atoms with Crippen molar-refractivity contribution in [1.82, 2.24) is 0 Å². The number of hydrogen-bond acceptors (Lipinski definition) is 3. The minimum atomic E-state index is -3.44. The van der Waals surface area contributed by atoms with Gasteiger partial charge in [0.1, 0.15) is 0 Å². The lowest BCUT2D eigenvalue weighted by molar-refractivity contribution is -0.111. The summed E-state index contributed by atoms with van der Waals surface area (Å²) in [5.41, 5.74) is 0.725. The molecule has 0 saturated heterocycles. The molecule has 1 aliphatic rings. The molecule has 0 fully saturated rings. The molecule has 1 aliphatic heterocycles. The Bertz CT molecular complexity index is 585. The molecular formula is C10H7BrO3S. The van der Waals surface area contributed by atoms with Crippen molar-refractivity contribution >= 4 is 37.1 Å². The Hall–Kier alpha value is -0.940. The molecule has 15 heavy (non-hydrogen) atoms. The van der Waals surface area contributed by atoms with E-state index in [2.05, 4.69) is 15.9 Å². The zero-order valence-corrected chi connectivity index (χ0v) is 10.2. The Balaban J connectivity index is 2.86. The van der Waals surface area contributed by atoms with Crippen molar-refractivity contribution in [1.29, 1.82) is 0 Å². The Morgan fingerprint density at radius 1 is 1.33 bits per heavy atom. The van der Waals surface area contributed by atoms with Crippen LogP contribution < -0.4 is 0 Å². The first-order chi connectivity index (χ1) is 6.93. The number of fused-ring (bicyclic) bond motifs is 1. The van der Waals surface area contributed by atoms with E-state index in [1.165, 1.54) is 13.0 Å². The standard InChI is InChI=1S/C10H7BrO3S/c1-6(12)7-5-15(13,14)9-4-2-3-8(11)10(7)9/h2-5H,1H3. The van der Waals surface area contributed by atoms with Gasteiger partial charge in [-0.1, -0.05) is 22.0 Å². The van der Waals surface area contributed by atoms with Crippen LogP contribution in [0.25, 0.3) is 5.57 Å². The molecule has 0 saturated carbocycles. The van der Waals surface area contributed by atoms with E-state index in [1.54, 1.807) is 12.1 Å². The number of Topliss-reactive ketones (excluding diaryl/α,β-unsaturated/α-hetero) is 1. The monoisotopic (exact) mass is 286 g/mol. The third-order valence-electron chi connectivity index (χ3n) is 2.20. The SMILES string of the molecule is CC(=O)C1=CS(=O)(=O)c2cccc(Br)c21. The van der Waals surface area contributed by atoms with Crippen LogP contribution in [0.3, 0.4) is 0 Å². The first-order valence-corrected chi connectivity index (χ1v) is 6.54. The van der Waals surface area contributed by atoms with Gasteiger partial charge in [-0.2, -0.15) is 0 Å². The minimum Gasteiger partial charge on any atom is -0.294 e. The Labute approximate surface area is 95.9 Å². The Kier molecular flexibility index (Phi) is 2.31. The lowest BCUT2D eigenvalue weighted by Gasteiger charge is -2.03. The number of rotatable bonds is 1. The quantitative estimate of drug-likeness (QED) is 0.795. The highest BCUT2D eigenvalue weighted by Crippen LogP contribution is 2.38. The average molecular weight is 287 g/mol. The van der Waals surface area contributed by atoms with Crippen molar-refractivity contribution in [3.8, 4) is 0 Å². The number of carbonyl (C=O) groups excluding carboxylic acids is 1. The maximum Gasteiger partial charge on any atom is 0.201 e. The fourth-order valence-corrected chi connectivity index (χ4v) is 3.74. The minimum absolute atomic E-state index is 0.196. The lowest BCUT2D eigenvalue weighted by atomic mass is 10.1. The van der Waals surface area contributed by atoms with Crippen LogP contribution in [-0.4, -0.2) is 14.2 Å². The molecule has 1 aromatic rings. The summed E-state index contributed by atoms with van der Waals surface area (Å²) in [4.78, 5) is 11.5. The summed E-state index contributed by atoms with van der Waals surface area (Å²) in [6, 6.07) is 4.86. The highest BCUT2D eigenvalue weighted by molar-refractivity contribution is 9.10. The van der Waals surface area contributed by atoms with E-state index in [-0.39, 0.29) is 16.3 Å². The van der Waals surface area contributed by atoms with E-state index >= 15 is 0 Å². The number of benzene rings is 1. The second kappa shape index (κ2) is 3.28. The molecule has 0 amide bonds. The molecule has 0 unspecified atom stereocenters. The molecule has 1 heterocycles. The lowest BCUT2D eigenvalue weighted by Crippen LogP contribution is -1.95. The van der Waals surface area contributed by atoms with Gasteiger partial charge in [0.05, 0.1) is 4.90 Å². The second-order valence-electron chi connectivity index (χ2n) is 3.25. The fraction of sp³-hybridized carbons (Fsp3) is 0.100. The van der Waals surface area contributed by atoms with Crippen LogP contribution in [0.15, 0.2) is 33.0 Å². The largest absolute Gasteiger partial charge is 0.294 e. The van der Waals surface area contributed by atoms with Gasteiger partial charge in [0, 0.05) is 21.0 Å². The maximum atomic E-state index is 11.7. The van der Waals surface area contributed by atoms with Crippen molar-refractivity contribution in [3.05, 3.63) is 33.6 Å². The van der Waals surface area contributed by atoms with Gasteiger partial charge in [0.2, 0.25) is 9.84 Å². The number of hydrogen-bond donors (Lipinski definition) is 0. The number of sulfone groups is 1. The summed E-state index contributed by atoms with van der Waals surface area (Å²) in [6.45, 7) is 1.36. The topological polar surface area (TPSA) is 51.2 Å². The van der Waals surface area contributed by atoms with E-state index in [0.29, 0.717) is 10.0 Å². The van der Waals surface area contributed by atoms with Gasteiger partial charge < -0.3 is 0 Å². The number of ketones is 1. The molecule has 0 radical (unpaired) electrons. The predicted octanol–water partition coefficient (Wildman–Crippen LogP) is 2.17. The highest BCUT2D eigenvalue weighted by Gasteiger charge is 2.30. The number of allylic oxidation sites excluding steroid dienone is 1. The van der Waals surface area contributed by atoms with Gasteiger partial charge in [-0.15, -0.1) is 0 Å². The molecular weight excluding hydrogens is 280 g/mol. The van der Waals surface area contributed by atoms with Crippen molar-refractivity contribution in [3.63, 3.8) is 0 Å². The molecule has 78 valence electrons. The summed E-state index contributed by atoms with van der Waals surface area (Å²) >= 11 is 3.25. The predicted molar refractivity (Wildman–Crippen MR) is 60.0 cm³/mol. The zero-order chi connectivity index (χ0) is 11.2. The van der Waals surface area contributed by atoms with E-state index in [1.807, 2.05) is 0 Å². The molecule has 1 aromatic carbocycles. The molecule has 0 atom stereocenters. The second-order valence-corrected chi connectivity index (χ2v) is 5.87. The molecule has 0 spiro atoms. The first kappa shape index (κ1) is 10.6. The summed E-state index contributed by atoms with van der Waals surface area (Å²) in [5.74, 6) is -0.246. The van der Waals surface area contributed by atoms with Crippen LogP contribution in [0.1, 0.15) is 12.5 Å². The van der Waals surface area contributed by atoms with Crippen molar-refractivity contribution in [2.75, 3.05) is 0 Å². The van der Waals surface area contributed by atoms with Crippen LogP contribution in [0.4, 0.5) is 0 Å². The molecule has 0 aliphatic carbocycles. The molecule has 0 bridgehead atoms. The number of halogens is 1. The molecule has 5 heteroatoms. The summed E-state index contributed by atoms with van der Waals surface area (Å²) in [6.07, 6.45) is 0. The highest BCUT2D eigenvalue weighted by atomic mass is 79.9. The first-order valence-electron chi connectivity index (χ1n) is 4.20. The van der Waals surface area contributed by atoms with E-state index in [4.69, 9.17) is 0 Å².